The van der Waals surface area contributed by atoms with Crippen LogP contribution in [0, 0.1) is 16.7 Å². The van der Waals surface area contributed by atoms with Gasteiger partial charge in [0.15, 0.2) is 0 Å². The Labute approximate surface area is 104 Å². The molecule has 1 aliphatic carbocycles. The second kappa shape index (κ2) is 4.60. The van der Waals surface area contributed by atoms with Crippen molar-refractivity contribution >= 4 is 5.97 Å². The SMILES string of the molecule is CC1(C)CCC(C2(C(=O)O)CCOCC2)CC1. The van der Waals surface area contributed by atoms with E-state index in [1.165, 1.54) is 0 Å². The van der Waals surface area contributed by atoms with Gasteiger partial charge in [0.25, 0.3) is 0 Å². The Morgan fingerprint density at radius 1 is 1.12 bits per heavy atom. The molecule has 2 rings (SSSR count). The van der Waals surface area contributed by atoms with E-state index in [9.17, 15) is 9.90 Å². The molecule has 2 fully saturated rings. The van der Waals surface area contributed by atoms with Crippen molar-refractivity contribution in [2.75, 3.05) is 13.2 Å². The molecule has 3 nitrogen and oxygen atoms in total. The second-order valence-electron chi connectivity index (χ2n) is 6.51. The van der Waals surface area contributed by atoms with Crippen molar-refractivity contribution in [3.05, 3.63) is 0 Å². The van der Waals surface area contributed by atoms with E-state index in [2.05, 4.69) is 13.8 Å². The van der Waals surface area contributed by atoms with Crippen molar-refractivity contribution in [2.45, 2.75) is 52.4 Å². The minimum Gasteiger partial charge on any atom is -0.481 e. The summed E-state index contributed by atoms with van der Waals surface area (Å²) in [5.74, 6) is -0.234. The zero-order valence-electron chi connectivity index (χ0n) is 11.0. The summed E-state index contributed by atoms with van der Waals surface area (Å²) < 4.78 is 5.34. The van der Waals surface area contributed by atoms with Crippen LogP contribution in [0.15, 0.2) is 0 Å². The third-order valence-corrected chi connectivity index (χ3v) is 4.93. The molecule has 0 unspecified atom stereocenters. The lowest BCUT2D eigenvalue weighted by Crippen LogP contribution is -2.45. The van der Waals surface area contributed by atoms with Crippen LogP contribution in [0.25, 0.3) is 0 Å². The van der Waals surface area contributed by atoms with Gasteiger partial charge in [-0.25, -0.2) is 0 Å². The third-order valence-electron chi connectivity index (χ3n) is 4.93. The van der Waals surface area contributed by atoms with E-state index < -0.39 is 11.4 Å². The standard InChI is InChI=1S/C14H24O3/c1-13(2)5-3-11(4-6-13)14(12(15)16)7-9-17-10-8-14/h11H,3-10H2,1-2H3,(H,15,16). The van der Waals surface area contributed by atoms with Gasteiger partial charge >= 0.3 is 5.97 Å². The summed E-state index contributed by atoms with van der Waals surface area (Å²) >= 11 is 0. The average molecular weight is 240 g/mol. The Kier molecular flexibility index (Phi) is 3.48. The molecule has 0 spiro atoms. The summed E-state index contributed by atoms with van der Waals surface area (Å²) in [6, 6.07) is 0. The molecule has 1 heterocycles. The summed E-state index contributed by atoms with van der Waals surface area (Å²) in [4.78, 5) is 11.7. The van der Waals surface area contributed by atoms with Crippen LogP contribution >= 0.6 is 0 Å². The van der Waals surface area contributed by atoms with Gasteiger partial charge in [-0.2, -0.15) is 0 Å². The summed E-state index contributed by atoms with van der Waals surface area (Å²) in [5.41, 5.74) is -0.0872. The highest BCUT2D eigenvalue weighted by molar-refractivity contribution is 5.75. The van der Waals surface area contributed by atoms with E-state index in [-0.39, 0.29) is 0 Å². The molecule has 0 aromatic heterocycles. The molecule has 1 N–H and O–H groups in total. The van der Waals surface area contributed by atoms with Crippen LogP contribution in [0.4, 0.5) is 0 Å². The number of hydrogen-bond acceptors (Lipinski definition) is 2. The lowest BCUT2D eigenvalue weighted by Gasteiger charge is -2.45. The van der Waals surface area contributed by atoms with Gasteiger partial charge < -0.3 is 9.84 Å². The number of ether oxygens (including phenoxy) is 1. The van der Waals surface area contributed by atoms with Crippen molar-refractivity contribution in [1.29, 1.82) is 0 Å². The number of carbonyl (C=O) groups is 1. The normalized spacial score (nSPS) is 28.8. The first-order valence-electron chi connectivity index (χ1n) is 6.77. The van der Waals surface area contributed by atoms with E-state index in [4.69, 9.17) is 4.74 Å². The van der Waals surface area contributed by atoms with Gasteiger partial charge in [-0.05, 0) is 49.9 Å². The zero-order chi connectivity index (χ0) is 12.5. The highest BCUT2D eigenvalue weighted by Crippen LogP contribution is 2.49. The van der Waals surface area contributed by atoms with Crippen molar-refractivity contribution in [1.82, 2.24) is 0 Å². The summed E-state index contributed by atoms with van der Waals surface area (Å²) in [6.45, 7) is 5.82. The van der Waals surface area contributed by atoms with Crippen LogP contribution in [0.3, 0.4) is 0 Å². The maximum absolute atomic E-state index is 11.7. The van der Waals surface area contributed by atoms with Gasteiger partial charge in [0.2, 0.25) is 0 Å². The van der Waals surface area contributed by atoms with Crippen LogP contribution in [-0.4, -0.2) is 24.3 Å². The van der Waals surface area contributed by atoms with Gasteiger partial charge in [-0.3, -0.25) is 4.79 Å². The molecule has 98 valence electrons. The van der Waals surface area contributed by atoms with E-state index in [0.717, 1.165) is 25.7 Å². The number of carboxylic acids is 1. The van der Waals surface area contributed by atoms with Crippen molar-refractivity contribution in [2.24, 2.45) is 16.7 Å². The molecule has 0 aromatic carbocycles. The van der Waals surface area contributed by atoms with Crippen LogP contribution in [-0.2, 0) is 9.53 Å². The van der Waals surface area contributed by atoms with Gasteiger partial charge in [-0.1, -0.05) is 13.8 Å². The van der Waals surface area contributed by atoms with E-state index in [0.29, 0.717) is 37.4 Å². The minimum atomic E-state index is -0.592. The first-order chi connectivity index (χ1) is 7.96. The lowest BCUT2D eigenvalue weighted by atomic mass is 9.61. The Morgan fingerprint density at radius 3 is 2.12 bits per heavy atom. The minimum absolute atomic E-state index is 0.358. The monoisotopic (exact) mass is 240 g/mol. The molecular formula is C14H24O3. The molecule has 1 saturated heterocycles. The first-order valence-corrected chi connectivity index (χ1v) is 6.77. The van der Waals surface area contributed by atoms with Gasteiger partial charge in [0.1, 0.15) is 0 Å². The maximum Gasteiger partial charge on any atom is 0.310 e. The molecule has 0 amide bonds. The van der Waals surface area contributed by atoms with Gasteiger partial charge in [0, 0.05) is 13.2 Å². The van der Waals surface area contributed by atoms with Gasteiger partial charge in [0.05, 0.1) is 5.41 Å². The predicted molar refractivity (Wildman–Crippen MR) is 65.9 cm³/mol. The highest BCUT2D eigenvalue weighted by atomic mass is 16.5. The molecule has 3 heteroatoms. The first kappa shape index (κ1) is 12.9. The van der Waals surface area contributed by atoms with Crippen molar-refractivity contribution in [3.8, 4) is 0 Å². The fourth-order valence-electron chi connectivity index (χ4n) is 3.48. The fourth-order valence-corrected chi connectivity index (χ4v) is 3.48. The molecule has 0 radical (unpaired) electrons. The Morgan fingerprint density at radius 2 is 1.65 bits per heavy atom. The average Bonchev–Trinajstić information content (AvgIpc) is 2.29. The largest absolute Gasteiger partial charge is 0.481 e. The van der Waals surface area contributed by atoms with Crippen LogP contribution < -0.4 is 0 Å². The number of rotatable bonds is 2. The molecule has 1 saturated carbocycles. The summed E-state index contributed by atoms with van der Waals surface area (Å²) in [7, 11) is 0. The second-order valence-corrected chi connectivity index (χ2v) is 6.51. The van der Waals surface area contributed by atoms with Crippen molar-refractivity contribution in [3.63, 3.8) is 0 Å². The Hall–Kier alpha value is -0.570. The molecule has 0 aromatic rings. The highest BCUT2D eigenvalue weighted by Gasteiger charge is 2.48. The van der Waals surface area contributed by atoms with Crippen LogP contribution in [0.5, 0.6) is 0 Å². The molecule has 0 atom stereocenters. The Balaban J connectivity index is 2.10. The molecular weight excluding hydrogens is 216 g/mol. The smallest absolute Gasteiger partial charge is 0.310 e. The van der Waals surface area contributed by atoms with E-state index in [1.54, 1.807) is 0 Å². The molecule has 1 aliphatic heterocycles. The summed E-state index contributed by atoms with van der Waals surface area (Å²) in [5, 5.41) is 9.62. The maximum atomic E-state index is 11.7. The number of hydrogen-bond donors (Lipinski definition) is 1. The predicted octanol–water partition coefficient (Wildman–Crippen LogP) is 3.08. The summed E-state index contributed by atoms with van der Waals surface area (Å²) in [6.07, 6.45) is 5.86. The van der Waals surface area contributed by atoms with Crippen LogP contribution in [0.1, 0.15) is 52.4 Å². The molecule has 2 aliphatic rings. The quantitative estimate of drug-likeness (QED) is 0.806. The topological polar surface area (TPSA) is 46.5 Å². The Bertz CT molecular complexity index is 280. The number of carboxylic acid groups (broad SMARTS) is 1. The third kappa shape index (κ3) is 2.49. The molecule has 0 bridgehead atoms. The fraction of sp³-hybridized carbons (Fsp3) is 0.929. The van der Waals surface area contributed by atoms with Crippen LogP contribution in [0.2, 0.25) is 0 Å². The number of aliphatic carboxylic acids is 1. The van der Waals surface area contributed by atoms with E-state index in [1.807, 2.05) is 0 Å². The van der Waals surface area contributed by atoms with E-state index >= 15 is 0 Å². The van der Waals surface area contributed by atoms with Crippen molar-refractivity contribution < 1.29 is 14.6 Å². The van der Waals surface area contributed by atoms with Gasteiger partial charge in [-0.15, -0.1) is 0 Å². The lowest BCUT2D eigenvalue weighted by molar-refractivity contribution is -0.162. The molecule has 17 heavy (non-hydrogen) atoms. The zero-order valence-corrected chi connectivity index (χ0v) is 11.0.